The van der Waals surface area contributed by atoms with Crippen molar-refractivity contribution in [1.82, 2.24) is 14.9 Å². The van der Waals surface area contributed by atoms with E-state index in [1.165, 1.54) is 11.3 Å². The summed E-state index contributed by atoms with van der Waals surface area (Å²) in [5, 5.41) is 4.97. The third-order valence-electron chi connectivity index (χ3n) is 5.49. The van der Waals surface area contributed by atoms with Crippen molar-refractivity contribution in [3.8, 4) is 0 Å². The first kappa shape index (κ1) is 20.6. The Kier molecular flexibility index (Phi) is 6.18. The van der Waals surface area contributed by atoms with Gasteiger partial charge < -0.3 is 10.2 Å². The molecule has 1 amide bonds. The summed E-state index contributed by atoms with van der Waals surface area (Å²) >= 11 is 1.43. The first-order valence-electron chi connectivity index (χ1n) is 10.6. The zero-order chi connectivity index (χ0) is 21.1. The zero-order valence-electron chi connectivity index (χ0n) is 17.5. The minimum absolute atomic E-state index is 0.0137. The molecule has 1 aliphatic heterocycles. The van der Waals surface area contributed by atoms with Crippen molar-refractivity contribution < 1.29 is 4.79 Å². The second-order valence-electron chi connectivity index (χ2n) is 8.35. The Bertz CT molecular complexity index is 1070. The van der Waals surface area contributed by atoms with E-state index in [2.05, 4.69) is 24.1 Å². The van der Waals surface area contributed by atoms with Crippen LogP contribution in [-0.4, -0.2) is 35.1 Å². The van der Waals surface area contributed by atoms with Crippen molar-refractivity contribution in [2.45, 2.75) is 33.2 Å². The number of nitrogens with one attached hydrogen (secondary N) is 1. The number of benzene rings is 1. The summed E-state index contributed by atoms with van der Waals surface area (Å²) in [7, 11) is 0. The normalized spacial score (nSPS) is 16.9. The van der Waals surface area contributed by atoms with Crippen molar-refractivity contribution in [2.24, 2.45) is 11.8 Å². The van der Waals surface area contributed by atoms with Gasteiger partial charge in [-0.25, -0.2) is 4.98 Å². The lowest BCUT2D eigenvalue weighted by atomic mass is 9.97. The number of nitrogens with zero attached hydrogens (tertiary/aromatic N) is 3. The summed E-state index contributed by atoms with van der Waals surface area (Å²) < 4.78 is 2.45. The van der Waals surface area contributed by atoms with Crippen LogP contribution in [0.2, 0.25) is 0 Å². The van der Waals surface area contributed by atoms with Gasteiger partial charge in [-0.15, -0.1) is 11.3 Å². The summed E-state index contributed by atoms with van der Waals surface area (Å²) in [5.74, 6) is 1.10. The van der Waals surface area contributed by atoms with Crippen molar-refractivity contribution in [3.63, 3.8) is 0 Å². The number of carbonyl (C=O) groups excluding carboxylic acids is 1. The Balaban J connectivity index is 1.66. The minimum Gasteiger partial charge on any atom is -0.356 e. The fourth-order valence-electron chi connectivity index (χ4n) is 3.90. The molecular weight excluding hydrogens is 396 g/mol. The van der Waals surface area contributed by atoms with Gasteiger partial charge >= 0.3 is 0 Å². The second-order valence-corrected chi connectivity index (χ2v) is 9.26. The van der Waals surface area contributed by atoms with Crippen LogP contribution in [0.1, 0.15) is 32.3 Å². The monoisotopic (exact) mass is 424 g/mol. The van der Waals surface area contributed by atoms with Crippen LogP contribution < -0.4 is 15.8 Å². The molecule has 7 heteroatoms. The zero-order valence-corrected chi connectivity index (χ0v) is 18.3. The van der Waals surface area contributed by atoms with E-state index in [0.717, 1.165) is 30.5 Å². The number of carbonyl (C=O) groups is 1. The molecule has 1 aromatic carbocycles. The molecule has 1 aliphatic rings. The van der Waals surface area contributed by atoms with Crippen LogP contribution in [0.25, 0.3) is 10.2 Å². The van der Waals surface area contributed by atoms with E-state index in [0.29, 0.717) is 36.2 Å². The van der Waals surface area contributed by atoms with Crippen molar-refractivity contribution in [3.05, 3.63) is 57.7 Å². The highest BCUT2D eigenvalue weighted by Crippen LogP contribution is 2.25. The van der Waals surface area contributed by atoms with Crippen LogP contribution in [0.3, 0.4) is 0 Å². The van der Waals surface area contributed by atoms with Gasteiger partial charge in [0, 0.05) is 19.6 Å². The molecule has 1 saturated heterocycles. The predicted molar refractivity (Wildman–Crippen MR) is 122 cm³/mol. The lowest BCUT2D eigenvalue weighted by molar-refractivity contribution is -0.125. The number of rotatable bonds is 6. The van der Waals surface area contributed by atoms with Crippen LogP contribution in [0.15, 0.2) is 46.6 Å². The number of amides is 1. The van der Waals surface area contributed by atoms with Crippen LogP contribution in [0.4, 0.5) is 5.95 Å². The average molecular weight is 425 g/mol. The van der Waals surface area contributed by atoms with Gasteiger partial charge in [-0.2, -0.15) is 0 Å². The smallest absolute Gasteiger partial charge is 0.273 e. The van der Waals surface area contributed by atoms with E-state index in [-0.39, 0.29) is 17.4 Å². The van der Waals surface area contributed by atoms with Gasteiger partial charge in [0.15, 0.2) is 0 Å². The van der Waals surface area contributed by atoms with Crippen LogP contribution >= 0.6 is 11.3 Å². The van der Waals surface area contributed by atoms with Gasteiger partial charge in [0.25, 0.3) is 5.56 Å². The molecule has 1 fully saturated rings. The number of anilines is 1. The first-order valence-corrected chi connectivity index (χ1v) is 11.5. The molecule has 158 valence electrons. The van der Waals surface area contributed by atoms with E-state index < -0.39 is 0 Å². The number of thiophene rings is 1. The molecule has 0 spiro atoms. The third kappa shape index (κ3) is 4.41. The molecular formula is C23H28N4O2S. The van der Waals surface area contributed by atoms with Gasteiger partial charge in [-0.1, -0.05) is 44.2 Å². The van der Waals surface area contributed by atoms with Crippen LogP contribution in [-0.2, 0) is 11.3 Å². The van der Waals surface area contributed by atoms with Crippen LogP contribution in [0.5, 0.6) is 0 Å². The number of hydrogen-bond acceptors (Lipinski definition) is 5. The number of aromatic nitrogens is 2. The summed E-state index contributed by atoms with van der Waals surface area (Å²) in [6, 6.07) is 11.9. The maximum absolute atomic E-state index is 13.3. The van der Waals surface area contributed by atoms with E-state index in [1.807, 2.05) is 41.8 Å². The lowest BCUT2D eigenvalue weighted by Gasteiger charge is -2.34. The fraction of sp³-hybridized carbons (Fsp3) is 0.435. The molecule has 0 unspecified atom stereocenters. The minimum atomic E-state index is -0.0854. The van der Waals surface area contributed by atoms with Gasteiger partial charge in [-0.05, 0) is 35.8 Å². The third-order valence-corrected chi connectivity index (χ3v) is 6.38. The lowest BCUT2D eigenvalue weighted by Crippen LogP contribution is -2.45. The molecule has 4 rings (SSSR count). The molecule has 0 aliphatic carbocycles. The maximum Gasteiger partial charge on any atom is 0.273 e. The van der Waals surface area contributed by atoms with E-state index in [1.54, 1.807) is 4.57 Å². The Morgan fingerprint density at radius 1 is 1.27 bits per heavy atom. The molecule has 0 saturated carbocycles. The Hall–Kier alpha value is -2.67. The van der Waals surface area contributed by atoms with Crippen LogP contribution in [0, 0.1) is 11.8 Å². The van der Waals surface area contributed by atoms with Gasteiger partial charge in [0.05, 0.1) is 18.0 Å². The Morgan fingerprint density at radius 2 is 2.07 bits per heavy atom. The predicted octanol–water partition coefficient (Wildman–Crippen LogP) is 3.49. The van der Waals surface area contributed by atoms with Crippen molar-refractivity contribution in [2.75, 3.05) is 24.5 Å². The van der Waals surface area contributed by atoms with E-state index >= 15 is 0 Å². The van der Waals surface area contributed by atoms with Crippen molar-refractivity contribution >= 4 is 33.4 Å². The highest BCUT2D eigenvalue weighted by molar-refractivity contribution is 7.17. The van der Waals surface area contributed by atoms with E-state index in [9.17, 15) is 9.59 Å². The molecule has 1 atom stereocenters. The topological polar surface area (TPSA) is 67.2 Å². The molecule has 0 radical (unpaired) electrons. The molecule has 1 N–H and O–H groups in total. The standard InChI is InChI=1S/C23H28N4O2S/c1-16(2)13-24-21(28)18-9-6-11-26(15-18)23-25-19-10-12-30-20(19)22(29)27(23)14-17-7-4-3-5-8-17/h3-5,7-8,10,12,16,18H,6,9,11,13-15H2,1-2H3,(H,24,28)/t18-/m1/s1. The van der Waals surface area contributed by atoms with Gasteiger partial charge in [0.1, 0.15) is 4.70 Å². The SMILES string of the molecule is CC(C)CNC(=O)[C@@H]1CCCN(c2nc3ccsc3c(=O)n2Cc2ccccc2)C1. The average Bonchev–Trinajstić information content (AvgIpc) is 3.23. The first-order chi connectivity index (χ1) is 14.5. The largest absolute Gasteiger partial charge is 0.356 e. The summed E-state index contributed by atoms with van der Waals surface area (Å²) in [4.78, 5) is 32.9. The quantitative estimate of drug-likeness (QED) is 0.658. The van der Waals surface area contributed by atoms with Crippen molar-refractivity contribution in [1.29, 1.82) is 0 Å². The fourth-order valence-corrected chi connectivity index (χ4v) is 4.68. The Labute approximate surface area is 180 Å². The molecule has 30 heavy (non-hydrogen) atoms. The number of piperidine rings is 1. The molecule has 0 bridgehead atoms. The highest BCUT2D eigenvalue weighted by Gasteiger charge is 2.28. The molecule has 3 aromatic rings. The molecule has 3 heterocycles. The summed E-state index contributed by atoms with van der Waals surface area (Å²) in [5.41, 5.74) is 1.78. The summed E-state index contributed by atoms with van der Waals surface area (Å²) in [6.45, 7) is 6.72. The van der Waals surface area contributed by atoms with E-state index in [4.69, 9.17) is 4.98 Å². The second kappa shape index (κ2) is 9.00. The molecule has 6 nitrogen and oxygen atoms in total. The highest BCUT2D eigenvalue weighted by atomic mass is 32.1. The molecule has 2 aromatic heterocycles. The van der Waals surface area contributed by atoms with Gasteiger partial charge in [-0.3, -0.25) is 14.2 Å². The maximum atomic E-state index is 13.3. The number of fused-ring (bicyclic) bond motifs is 1. The van der Waals surface area contributed by atoms with Gasteiger partial charge in [0.2, 0.25) is 11.9 Å². The number of hydrogen-bond donors (Lipinski definition) is 1. The Morgan fingerprint density at radius 3 is 2.83 bits per heavy atom. The summed E-state index contributed by atoms with van der Waals surface area (Å²) in [6.07, 6.45) is 1.77.